The zero-order valence-electron chi connectivity index (χ0n) is 12.8. The summed E-state index contributed by atoms with van der Waals surface area (Å²) in [5, 5.41) is 8.23. The number of aromatic nitrogens is 2. The van der Waals surface area contributed by atoms with Crippen molar-refractivity contribution in [1.82, 2.24) is 15.1 Å². The summed E-state index contributed by atoms with van der Waals surface area (Å²) in [6.45, 7) is 0. The Hall–Kier alpha value is -1.61. The number of benzene rings is 1. The third kappa shape index (κ3) is 3.53. The van der Waals surface area contributed by atoms with Crippen molar-refractivity contribution in [3.63, 3.8) is 0 Å². The molecule has 1 atom stereocenters. The molecule has 0 spiro atoms. The summed E-state index contributed by atoms with van der Waals surface area (Å²) in [5.41, 5.74) is 2.51. The first-order chi connectivity index (χ1) is 10.4. The maximum Gasteiger partial charge on any atom is 0.0643 e. The highest BCUT2D eigenvalue weighted by Crippen LogP contribution is 2.27. The minimum Gasteiger partial charge on any atom is -0.313 e. The van der Waals surface area contributed by atoms with Crippen molar-refractivity contribution in [2.45, 2.75) is 50.6 Å². The molecule has 1 heterocycles. The highest BCUT2D eigenvalue weighted by molar-refractivity contribution is 5.20. The molecule has 1 unspecified atom stereocenters. The first kappa shape index (κ1) is 14.3. The summed E-state index contributed by atoms with van der Waals surface area (Å²) in [7, 11) is 2.02. The van der Waals surface area contributed by atoms with Crippen molar-refractivity contribution >= 4 is 0 Å². The van der Waals surface area contributed by atoms with Crippen molar-refractivity contribution in [2.75, 3.05) is 7.05 Å². The van der Waals surface area contributed by atoms with E-state index in [0.717, 1.165) is 6.42 Å². The smallest absolute Gasteiger partial charge is 0.0643 e. The van der Waals surface area contributed by atoms with E-state index in [1.165, 1.54) is 43.4 Å². The van der Waals surface area contributed by atoms with Crippen LogP contribution in [0, 0.1) is 0 Å². The van der Waals surface area contributed by atoms with Crippen LogP contribution in [0.25, 0.3) is 0 Å². The largest absolute Gasteiger partial charge is 0.313 e. The van der Waals surface area contributed by atoms with Crippen molar-refractivity contribution in [2.24, 2.45) is 0 Å². The fourth-order valence-corrected chi connectivity index (χ4v) is 3.32. The Kier molecular flexibility index (Phi) is 4.71. The minimum absolute atomic E-state index is 0.334. The van der Waals surface area contributed by atoms with Gasteiger partial charge in [0.25, 0.3) is 0 Å². The number of likely N-dealkylation sites (N-methyl/N-ethyl adjacent to an activating group) is 1. The standard InChI is InChI=1S/C18H25N3/c1-19-18(15-8-4-2-5-9-15)14-16-12-13-21(20-16)17-10-6-3-7-11-17/h2,4-5,8-9,12-13,17-19H,3,6-7,10-11,14H2,1H3. The van der Waals surface area contributed by atoms with Gasteiger partial charge < -0.3 is 5.32 Å². The SMILES string of the molecule is CNC(Cc1ccn(C2CCCCC2)n1)c1ccccc1. The lowest BCUT2D eigenvalue weighted by atomic mass is 9.96. The lowest BCUT2D eigenvalue weighted by Gasteiger charge is -2.22. The summed E-state index contributed by atoms with van der Waals surface area (Å²) >= 11 is 0. The molecule has 1 aromatic heterocycles. The second-order valence-electron chi connectivity index (χ2n) is 6.03. The minimum atomic E-state index is 0.334. The van der Waals surface area contributed by atoms with Crippen LogP contribution in [0.2, 0.25) is 0 Å². The number of nitrogens with one attached hydrogen (secondary N) is 1. The molecule has 1 saturated carbocycles. The van der Waals surface area contributed by atoms with E-state index in [1.807, 2.05) is 7.05 Å². The molecule has 1 N–H and O–H groups in total. The molecule has 0 saturated heterocycles. The summed E-state index contributed by atoms with van der Waals surface area (Å²) in [5.74, 6) is 0. The van der Waals surface area contributed by atoms with Gasteiger partial charge in [-0.1, -0.05) is 49.6 Å². The van der Waals surface area contributed by atoms with Crippen molar-refractivity contribution in [3.8, 4) is 0 Å². The van der Waals surface area contributed by atoms with Gasteiger partial charge in [0.15, 0.2) is 0 Å². The van der Waals surface area contributed by atoms with Gasteiger partial charge in [0.2, 0.25) is 0 Å². The third-order valence-electron chi connectivity index (χ3n) is 4.58. The number of rotatable bonds is 5. The molecule has 2 aromatic rings. The molecule has 1 aliphatic rings. The fourth-order valence-electron chi connectivity index (χ4n) is 3.32. The van der Waals surface area contributed by atoms with E-state index in [1.54, 1.807) is 0 Å². The highest BCUT2D eigenvalue weighted by atomic mass is 15.3. The van der Waals surface area contributed by atoms with Crippen LogP contribution >= 0.6 is 0 Å². The van der Waals surface area contributed by atoms with Gasteiger partial charge in [0.1, 0.15) is 0 Å². The highest BCUT2D eigenvalue weighted by Gasteiger charge is 2.17. The predicted molar refractivity (Wildman–Crippen MR) is 86.3 cm³/mol. The van der Waals surface area contributed by atoms with Crippen LogP contribution in [0.3, 0.4) is 0 Å². The topological polar surface area (TPSA) is 29.9 Å². The van der Waals surface area contributed by atoms with E-state index < -0.39 is 0 Å². The molecule has 0 aliphatic heterocycles. The monoisotopic (exact) mass is 283 g/mol. The van der Waals surface area contributed by atoms with E-state index in [2.05, 4.69) is 52.6 Å². The first-order valence-corrected chi connectivity index (χ1v) is 8.13. The third-order valence-corrected chi connectivity index (χ3v) is 4.58. The van der Waals surface area contributed by atoms with E-state index in [0.29, 0.717) is 12.1 Å². The van der Waals surface area contributed by atoms with Gasteiger partial charge in [-0.2, -0.15) is 5.10 Å². The first-order valence-electron chi connectivity index (χ1n) is 8.13. The summed E-state index contributed by atoms with van der Waals surface area (Å²) < 4.78 is 2.20. The lowest BCUT2D eigenvalue weighted by molar-refractivity contribution is 0.327. The van der Waals surface area contributed by atoms with Gasteiger partial charge in [-0.3, -0.25) is 4.68 Å². The van der Waals surface area contributed by atoms with Crippen LogP contribution in [-0.4, -0.2) is 16.8 Å². The Bertz CT molecular complexity index is 541. The van der Waals surface area contributed by atoms with Gasteiger partial charge in [0, 0.05) is 18.7 Å². The second-order valence-corrected chi connectivity index (χ2v) is 6.03. The number of hydrogen-bond acceptors (Lipinski definition) is 2. The molecule has 3 heteroatoms. The molecule has 21 heavy (non-hydrogen) atoms. The lowest BCUT2D eigenvalue weighted by Crippen LogP contribution is -2.19. The molecular weight excluding hydrogens is 258 g/mol. The molecule has 0 radical (unpaired) electrons. The average molecular weight is 283 g/mol. The van der Waals surface area contributed by atoms with Crippen LogP contribution in [0.1, 0.15) is 55.4 Å². The van der Waals surface area contributed by atoms with E-state index in [4.69, 9.17) is 5.10 Å². The molecule has 1 aliphatic carbocycles. The molecule has 1 fully saturated rings. The normalized spacial score (nSPS) is 17.8. The number of hydrogen-bond donors (Lipinski definition) is 1. The fraction of sp³-hybridized carbons (Fsp3) is 0.500. The van der Waals surface area contributed by atoms with Gasteiger partial charge in [-0.05, 0) is 31.5 Å². The molecule has 112 valence electrons. The Morgan fingerprint density at radius 3 is 2.62 bits per heavy atom. The Morgan fingerprint density at radius 1 is 1.14 bits per heavy atom. The maximum atomic E-state index is 4.82. The quantitative estimate of drug-likeness (QED) is 0.902. The molecule has 0 bridgehead atoms. The van der Waals surface area contributed by atoms with Crippen LogP contribution in [0.15, 0.2) is 42.6 Å². The molecule has 3 rings (SSSR count). The summed E-state index contributed by atoms with van der Waals surface area (Å²) in [4.78, 5) is 0. The Labute approximate surface area is 127 Å². The van der Waals surface area contributed by atoms with E-state index in [9.17, 15) is 0 Å². The van der Waals surface area contributed by atoms with E-state index >= 15 is 0 Å². The van der Waals surface area contributed by atoms with Crippen molar-refractivity contribution in [1.29, 1.82) is 0 Å². The maximum absolute atomic E-state index is 4.82. The van der Waals surface area contributed by atoms with Crippen molar-refractivity contribution in [3.05, 3.63) is 53.9 Å². The van der Waals surface area contributed by atoms with Gasteiger partial charge in [-0.25, -0.2) is 0 Å². The van der Waals surface area contributed by atoms with Gasteiger partial charge in [0.05, 0.1) is 11.7 Å². The van der Waals surface area contributed by atoms with Crippen LogP contribution in [0.4, 0.5) is 0 Å². The summed E-state index contributed by atoms with van der Waals surface area (Å²) in [6.07, 6.45) is 9.78. The molecule has 0 amide bonds. The van der Waals surface area contributed by atoms with Crippen LogP contribution in [0.5, 0.6) is 0 Å². The molecule has 1 aromatic carbocycles. The Morgan fingerprint density at radius 2 is 1.90 bits per heavy atom. The predicted octanol–water partition coefficient (Wildman–Crippen LogP) is 3.89. The van der Waals surface area contributed by atoms with Gasteiger partial charge >= 0.3 is 0 Å². The zero-order valence-corrected chi connectivity index (χ0v) is 12.8. The van der Waals surface area contributed by atoms with Gasteiger partial charge in [-0.15, -0.1) is 0 Å². The van der Waals surface area contributed by atoms with Crippen LogP contribution < -0.4 is 5.32 Å². The zero-order chi connectivity index (χ0) is 14.5. The number of nitrogens with zero attached hydrogens (tertiary/aromatic N) is 2. The molecule has 3 nitrogen and oxygen atoms in total. The Balaban J connectivity index is 1.68. The van der Waals surface area contributed by atoms with E-state index in [-0.39, 0.29) is 0 Å². The van der Waals surface area contributed by atoms with Crippen molar-refractivity contribution < 1.29 is 0 Å². The average Bonchev–Trinajstić information content (AvgIpc) is 3.03. The second kappa shape index (κ2) is 6.90. The summed E-state index contributed by atoms with van der Waals surface area (Å²) in [6, 6.07) is 13.8. The molecular formula is C18H25N3. The van der Waals surface area contributed by atoms with Crippen LogP contribution in [-0.2, 0) is 6.42 Å².